The zero-order chi connectivity index (χ0) is 25.4. The number of aromatic nitrogens is 1. The average Bonchev–Trinajstić information content (AvgIpc) is 2.83. The fourth-order valence-corrected chi connectivity index (χ4v) is 6.44. The Morgan fingerprint density at radius 1 is 1.03 bits per heavy atom. The van der Waals surface area contributed by atoms with Gasteiger partial charge in [-0.1, -0.05) is 12.5 Å². The van der Waals surface area contributed by atoms with Gasteiger partial charge in [0.05, 0.1) is 29.2 Å². The normalized spacial score (nSPS) is 29.3. The molecule has 3 fully saturated rings. The first-order valence-electron chi connectivity index (χ1n) is 12.9. The largest absolute Gasteiger partial charge is 0.490 e. The molecule has 9 heteroatoms. The lowest BCUT2D eigenvalue weighted by atomic mass is 9.78. The van der Waals surface area contributed by atoms with Crippen LogP contribution in [0.2, 0.25) is 0 Å². The predicted molar refractivity (Wildman–Crippen MR) is 126 cm³/mol. The van der Waals surface area contributed by atoms with Crippen molar-refractivity contribution in [1.29, 1.82) is 0 Å². The molecule has 1 N–H and O–H groups in total. The summed E-state index contributed by atoms with van der Waals surface area (Å²) >= 11 is 0. The van der Waals surface area contributed by atoms with Crippen LogP contribution in [0.15, 0.2) is 24.3 Å². The molecule has 1 aliphatic carbocycles. The van der Waals surface area contributed by atoms with Crippen molar-refractivity contribution in [3.05, 3.63) is 35.5 Å². The smallest absolute Gasteiger partial charge is 0.391 e. The van der Waals surface area contributed by atoms with Gasteiger partial charge in [0.15, 0.2) is 0 Å². The maximum absolute atomic E-state index is 14.1. The standard InChI is InChI=1S/C27H32F4N2O3/c28-14-23-22-9-6-18(15-33-19-2-1-3-20(33)13-16(12-19)26(34)35)32-24(22)10-11-25(23)36-21-7-4-17(5-8-21)27(29,30)31/h6,9-11,16-17,19-21H,1-5,7-8,12-15H2,(H,34,35)/t16?,17-,19?,20?,21+. The molecular weight excluding hydrogens is 476 g/mol. The highest BCUT2D eigenvalue weighted by Crippen LogP contribution is 2.40. The molecule has 1 aromatic heterocycles. The topological polar surface area (TPSA) is 62.7 Å². The molecule has 1 aromatic carbocycles. The Kier molecular flexibility index (Phi) is 7.12. The molecule has 5 rings (SSSR count). The first-order valence-corrected chi connectivity index (χ1v) is 12.9. The molecule has 2 aliphatic heterocycles. The molecule has 1 saturated carbocycles. The second kappa shape index (κ2) is 10.1. The van der Waals surface area contributed by atoms with Gasteiger partial charge in [0, 0.05) is 29.6 Å². The van der Waals surface area contributed by atoms with Crippen LogP contribution in [0.4, 0.5) is 17.6 Å². The van der Waals surface area contributed by atoms with Gasteiger partial charge in [0.1, 0.15) is 12.4 Å². The number of fused-ring (bicyclic) bond motifs is 3. The minimum Gasteiger partial charge on any atom is -0.490 e. The summed E-state index contributed by atoms with van der Waals surface area (Å²) in [5.74, 6) is -1.90. The number of benzene rings is 1. The number of hydrogen-bond acceptors (Lipinski definition) is 4. The second-order valence-electron chi connectivity index (χ2n) is 10.6. The Labute approximate surface area is 207 Å². The number of piperidine rings is 2. The van der Waals surface area contributed by atoms with Gasteiger partial charge in [-0.25, -0.2) is 4.39 Å². The molecule has 36 heavy (non-hydrogen) atoms. The van der Waals surface area contributed by atoms with Crippen LogP contribution in [-0.2, 0) is 18.0 Å². The molecule has 5 nitrogen and oxygen atoms in total. The van der Waals surface area contributed by atoms with Crippen LogP contribution in [0.25, 0.3) is 10.9 Å². The van der Waals surface area contributed by atoms with E-state index in [1.807, 2.05) is 12.1 Å². The summed E-state index contributed by atoms with van der Waals surface area (Å²) in [6.07, 6.45) is 0.553. The number of carbonyl (C=O) groups is 1. The number of carboxylic acid groups (broad SMARTS) is 1. The van der Waals surface area contributed by atoms with Crippen molar-refractivity contribution in [2.24, 2.45) is 11.8 Å². The third kappa shape index (κ3) is 5.17. The third-order valence-corrected chi connectivity index (χ3v) is 8.38. The fourth-order valence-electron chi connectivity index (χ4n) is 6.44. The molecule has 2 aromatic rings. The summed E-state index contributed by atoms with van der Waals surface area (Å²) in [4.78, 5) is 18.7. The number of nitrogens with zero attached hydrogens (tertiary/aromatic N) is 2. The second-order valence-corrected chi connectivity index (χ2v) is 10.6. The van der Waals surface area contributed by atoms with Crippen LogP contribution < -0.4 is 4.74 Å². The number of pyridine rings is 1. The van der Waals surface area contributed by atoms with E-state index in [9.17, 15) is 27.5 Å². The maximum Gasteiger partial charge on any atom is 0.391 e. The summed E-state index contributed by atoms with van der Waals surface area (Å²) < 4.78 is 59.0. The van der Waals surface area contributed by atoms with Gasteiger partial charge >= 0.3 is 12.1 Å². The van der Waals surface area contributed by atoms with Crippen LogP contribution in [0, 0.1) is 11.8 Å². The Morgan fingerprint density at radius 2 is 1.72 bits per heavy atom. The van der Waals surface area contributed by atoms with Crippen molar-refractivity contribution in [1.82, 2.24) is 9.88 Å². The highest BCUT2D eigenvalue weighted by molar-refractivity contribution is 5.84. The molecule has 2 unspecified atom stereocenters. The summed E-state index contributed by atoms with van der Waals surface area (Å²) in [5, 5.41) is 10.1. The molecule has 0 spiro atoms. The lowest BCUT2D eigenvalue weighted by Gasteiger charge is -2.48. The summed E-state index contributed by atoms with van der Waals surface area (Å²) in [5.41, 5.74) is 1.89. The van der Waals surface area contributed by atoms with Crippen molar-refractivity contribution >= 4 is 16.9 Å². The number of hydrogen-bond donors (Lipinski definition) is 1. The molecule has 0 radical (unpaired) electrons. The highest BCUT2D eigenvalue weighted by Gasteiger charge is 2.42. The van der Waals surface area contributed by atoms with E-state index >= 15 is 0 Å². The lowest BCUT2D eigenvalue weighted by molar-refractivity contribution is -0.185. The highest BCUT2D eigenvalue weighted by atomic mass is 19.4. The number of halogens is 4. The Balaban J connectivity index is 1.30. The van der Waals surface area contributed by atoms with Crippen LogP contribution in [0.1, 0.15) is 69.0 Å². The van der Waals surface area contributed by atoms with Crippen molar-refractivity contribution in [3.8, 4) is 5.75 Å². The number of carboxylic acids is 1. The van der Waals surface area contributed by atoms with E-state index in [4.69, 9.17) is 9.72 Å². The molecule has 3 heterocycles. The Bertz CT molecular complexity index is 1090. The maximum atomic E-state index is 14.1. The predicted octanol–water partition coefficient (Wildman–Crippen LogP) is 6.42. The summed E-state index contributed by atoms with van der Waals surface area (Å²) in [6.45, 7) is -0.123. The molecule has 2 atom stereocenters. The van der Waals surface area contributed by atoms with E-state index in [2.05, 4.69) is 4.90 Å². The van der Waals surface area contributed by atoms with Crippen molar-refractivity contribution in [2.75, 3.05) is 0 Å². The molecule has 196 valence electrons. The number of aliphatic carboxylic acids is 1. The van der Waals surface area contributed by atoms with Gasteiger partial charge in [-0.15, -0.1) is 0 Å². The summed E-state index contributed by atoms with van der Waals surface area (Å²) in [7, 11) is 0. The number of rotatable bonds is 6. The van der Waals surface area contributed by atoms with Gasteiger partial charge in [-0.05, 0) is 69.6 Å². The fraction of sp³-hybridized carbons (Fsp3) is 0.630. The molecule has 2 saturated heterocycles. The number of ether oxygens (including phenoxy) is 1. The van der Waals surface area contributed by atoms with Crippen molar-refractivity contribution in [2.45, 2.75) is 95.4 Å². The first kappa shape index (κ1) is 25.2. The van der Waals surface area contributed by atoms with Crippen LogP contribution >= 0.6 is 0 Å². The number of alkyl halides is 4. The molecule has 2 bridgehead atoms. The molecule has 0 amide bonds. The minimum absolute atomic E-state index is 0.0311. The van der Waals surface area contributed by atoms with E-state index in [1.54, 1.807) is 12.1 Å². The van der Waals surface area contributed by atoms with E-state index < -0.39 is 24.7 Å². The van der Waals surface area contributed by atoms with E-state index in [1.165, 1.54) is 0 Å². The Morgan fingerprint density at radius 3 is 2.33 bits per heavy atom. The minimum atomic E-state index is -4.17. The first-order chi connectivity index (χ1) is 17.2. The lowest BCUT2D eigenvalue weighted by Crippen LogP contribution is -2.52. The van der Waals surface area contributed by atoms with Crippen molar-refractivity contribution in [3.63, 3.8) is 0 Å². The van der Waals surface area contributed by atoms with E-state index in [0.29, 0.717) is 54.4 Å². The monoisotopic (exact) mass is 508 g/mol. The van der Waals surface area contributed by atoms with Crippen LogP contribution in [-0.4, -0.2) is 45.3 Å². The molecular formula is C27H32F4N2O3. The average molecular weight is 509 g/mol. The van der Waals surface area contributed by atoms with Crippen LogP contribution in [0.3, 0.4) is 0 Å². The SMILES string of the molecule is O=C(O)C1CC2CCCC(C1)N2Cc1ccc2c(CF)c(O[C@H]3CC[C@@H](C(F)(F)F)CC3)ccc2n1. The van der Waals surface area contributed by atoms with Gasteiger partial charge in [-0.2, -0.15) is 13.2 Å². The van der Waals surface area contributed by atoms with Crippen molar-refractivity contribution < 1.29 is 32.2 Å². The van der Waals surface area contributed by atoms with Crippen LogP contribution in [0.5, 0.6) is 5.75 Å². The summed E-state index contributed by atoms with van der Waals surface area (Å²) in [6, 6.07) is 7.67. The van der Waals surface area contributed by atoms with E-state index in [0.717, 1.165) is 25.0 Å². The quantitative estimate of drug-likeness (QED) is 0.456. The van der Waals surface area contributed by atoms with E-state index in [-0.39, 0.29) is 36.9 Å². The van der Waals surface area contributed by atoms with Gasteiger partial charge in [0.25, 0.3) is 0 Å². The third-order valence-electron chi connectivity index (χ3n) is 8.38. The molecule has 3 aliphatic rings. The van der Waals surface area contributed by atoms with Gasteiger partial charge in [0.2, 0.25) is 0 Å². The van der Waals surface area contributed by atoms with Gasteiger partial charge < -0.3 is 9.84 Å². The Hall–Kier alpha value is -2.42. The van der Waals surface area contributed by atoms with Gasteiger partial charge in [-0.3, -0.25) is 14.7 Å². The zero-order valence-corrected chi connectivity index (χ0v) is 20.1. The zero-order valence-electron chi connectivity index (χ0n) is 20.1.